The Balaban J connectivity index is 1.59. The van der Waals surface area contributed by atoms with Gasteiger partial charge in [0.25, 0.3) is 5.91 Å². The van der Waals surface area contributed by atoms with Gasteiger partial charge in [-0.25, -0.2) is 4.39 Å². The molecule has 36 heavy (non-hydrogen) atoms. The van der Waals surface area contributed by atoms with Crippen molar-refractivity contribution in [2.24, 2.45) is 0 Å². The molecule has 0 bridgehead atoms. The molecule has 1 aromatic heterocycles. The van der Waals surface area contributed by atoms with E-state index in [4.69, 9.17) is 25.8 Å². The maximum absolute atomic E-state index is 14.2. The summed E-state index contributed by atoms with van der Waals surface area (Å²) in [6.45, 7) is 2.78. The molecule has 1 aliphatic rings. The van der Waals surface area contributed by atoms with Gasteiger partial charge in [0, 0.05) is 41.3 Å². The molecule has 0 unspecified atom stereocenters. The summed E-state index contributed by atoms with van der Waals surface area (Å²) in [5.41, 5.74) is 2.72. The van der Waals surface area contributed by atoms with Crippen molar-refractivity contribution in [3.05, 3.63) is 64.6 Å². The van der Waals surface area contributed by atoms with Crippen LogP contribution in [0, 0.1) is 5.82 Å². The molecule has 0 saturated heterocycles. The number of hydrogen-bond donors (Lipinski definition) is 0. The van der Waals surface area contributed by atoms with E-state index in [1.54, 1.807) is 49.3 Å². The molecule has 1 atom stereocenters. The van der Waals surface area contributed by atoms with Gasteiger partial charge in [0.2, 0.25) is 0 Å². The van der Waals surface area contributed by atoms with Crippen molar-refractivity contribution in [3.8, 4) is 5.75 Å². The summed E-state index contributed by atoms with van der Waals surface area (Å²) in [5, 5.41) is 1.29. The summed E-state index contributed by atoms with van der Waals surface area (Å²) >= 11 is 6.02. The molecule has 0 N–H and O–H groups in total. The number of nitrogens with zero attached hydrogens (tertiary/aromatic N) is 2. The van der Waals surface area contributed by atoms with Crippen LogP contribution in [0.3, 0.4) is 0 Å². The summed E-state index contributed by atoms with van der Waals surface area (Å²) in [4.78, 5) is 27.3. The first-order chi connectivity index (χ1) is 17.4. The van der Waals surface area contributed by atoms with Gasteiger partial charge in [-0.3, -0.25) is 9.59 Å². The quantitative estimate of drug-likeness (QED) is 0.373. The number of rotatable bonds is 10. The maximum Gasteiger partial charge on any atom is 0.325 e. The number of benzene rings is 2. The van der Waals surface area contributed by atoms with Crippen molar-refractivity contribution in [2.45, 2.75) is 38.8 Å². The predicted molar refractivity (Wildman–Crippen MR) is 135 cm³/mol. The standard InChI is InChI=1S/C27H30ClFN2O5/c1-3-35-27(33)16-31-24-9-7-19(29)14-22(24)23-15-20(8-10-25(23)31)30(11-12-34-2)26(32)17-36-21-6-4-5-18(28)13-21/h4-7,9,13-14,20H,3,8,10-12,15-17H2,1-2H3/t20-/m0/s1. The highest BCUT2D eigenvalue weighted by atomic mass is 35.5. The Labute approximate surface area is 214 Å². The highest BCUT2D eigenvalue weighted by molar-refractivity contribution is 6.30. The molecule has 192 valence electrons. The summed E-state index contributed by atoms with van der Waals surface area (Å²) < 4.78 is 32.3. The van der Waals surface area contributed by atoms with Gasteiger partial charge in [0.15, 0.2) is 6.61 Å². The Morgan fingerprint density at radius 1 is 1.22 bits per heavy atom. The summed E-state index contributed by atoms with van der Waals surface area (Å²) in [6, 6.07) is 11.4. The van der Waals surface area contributed by atoms with Crippen molar-refractivity contribution in [1.29, 1.82) is 0 Å². The van der Waals surface area contributed by atoms with Gasteiger partial charge in [0.05, 0.1) is 13.2 Å². The molecule has 0 fully saturated rings. The van der Waals surface area contributed by atoms with Crippen molar-refractivity contribution >= 4 is 34.4 Å². The number of aromatic nitrogens is 1. The minimum Gasteiger partial charge on any atom is -0.484 e. The van der Waals surface area contributed by atoms with Crippen molar-refractivity contribution in [2.75, 3.05) is 33.5 Å². The van der Waals surface area contributed by atoms with E-state index in [1.807, 2.05) is 4.57 Å². The third-order valence-corrected chi connectivity index (χ3v) is 6.69. The second-order valence-electron chi connectivity index (χ2n) is 8.70. The van der Waals surface area contributed by atoms with Gasteiger partial charge < -0.3 is 23.7 Å². The first-order valence-corrected chi connectivity index (χ1v) is 12.4. The molecule has 7 nitrogen and oxygen atoms in total. The average molecular weight is 517 g/mol. The molecule has 4 rings (SSSR count). The number of carbonyl (C=O) groups is 2. The van der Waals surface area contributed by atoms with Gasteiger partial charge in [-0.2, -0.15) is 0 Å². The van der Waals surface area contributed by atoms with E-state index in [2.05, 4.69) is 0 Å². The lowest BCUT2D eigenvalue weighted by atomic mass is 9.90. The number of ether oxygens (including phenoxy) is 3. The van der Waals surface area contributed by atoms with E-state index < -0.39 is 0 Å². The molecule has 1 aliphatic carbocycles. The topological polar surface area (TPSA) is 70.0 Å². The zero-order valence-electron chi connectivity index (χ0n) is 20.5. The Kier molecular flexibility index (Phi) is 8.48. The molecule has 0 saturated carbocycles. The molecular weight excluding hydrogens is 487 g/mol. The van der Waals surface area contributed by atoms with Crippen LogP contribution < -0.4 is 4.74 Å². The third kappa shape index (κ3) is 5.82. The van der Waals surface area contributed by atoms with Crippen LogP contribution >= 0.6 is 11.6 Å². The van der Waals surface area contributed by atoms with Crippen LogP contribution in [-0.4, -0.2) is 60.9 Å². The number of carbonyl (C=O) groups excluding carboxylic acids is 2. The van der Waals surface area contributed by atoms with E-state index in [9.17, 15) is 14.0 Å². The second kappa shape index (κ2) is 11.8. The lowest BCUT2D eigenvalue weighted by Gasteiger charge is -2.35. The maximum atomic E-state index is 14.2. The largest absolute Gasteiger partial charge is 0.484 e. The lowest BCUT2D eigenvalue weighted by Crippen LogP contribution is -2.47. The Bertz CT molecular complexity index is 1240. The number of hydrogen-bond acceptors (Lipinski definition) is 5. The fourth-order valence-corrected chi connectivity index (χ4v) is 5.05. The molecule has 3 aromatic rings. The van der Waals surface area contributed by atoms with E-state index in [-0.39, 0.29) is 36.9 Å². The molecule has 1 heterocycles. The van der Waals surface area contributed by atoms with Crippen LogP contribution in [0.5, 0.6) is 5.75 Å². The van der Waals surface area contributed by atoms with Gasteiger partial charge in [0.1, 0.15) is 18.1 Å². The van der Waals surface area contributed by atoms with Gasteiger partial charge >= 0.3 is 5.97 Å². The van der Waals surface area contributed by atoms with Gasteiger partial charge in [-0.1, -0.05) is 17.7 Å². The molecule has 0 spiro atoms. The third-order valence-electron chi connectivity index (χ3n) is 6.45. The highest BCUT2D eigenvalue weighted by Crippen LogP contribution is 2.34. The SMILES string of the molecule is CCOC(=O)Cn1c2c(c3cc(F)ccc31)C[C@@H](N(CCOC)C(=O)COc1cccc(Cl)c1)CC2. The van der Waals surface area contributed by atoms with Gasteiger partial charge in [-0.05, 0) is 68.1 Å². The van der Waals surface area contributed by atoms with Crippen molar-refractivity contribution in [3.63, 3.8) is 0 Å². The second-order valence-corrected chi connectivity index (χ2v) is 9.14. The fraction of sp³-hybridized carbons (Fsp3) is 0.407. The average Bonchev–Trinajstić information content (AvgIpc) is 3.15. The summed E-state index contributed by atoms with van der Waals surface area (Å²) in [5.74, 6) is -0.324. The zero-order chi connectivity index (χ0) is 25.7. The Morgan fingerprint density at radius 3 is 2.81 bits per heavy atom. The predicted octanol–water partition coefficient (Wildman–Crippen LogP) is 4.41. The summed E-state index contributed by atoms with van der Waals surface area (Å²) in [7, 11) is 1.59. The normalized spacial score (nSPS) is 14.9. The molecule has 9 heteroatoms. The number of halogens is 2. The van der Waals surface area contributed by atoms with Crippen molar-refractivity contribution in [1.82, 2.24) is 9.47 Å². The van der Waals surface area contributed by atoms with Crippen LogP contribution in [0.1, 0.15) is 24.6 Å². The summed E-state index contributed by atoms with van der Waals surface area (Å²) in [6.07, 6.45) is 1.88. The Hall–Kier alpha value is -3.10. The molecule has 1 amide bonds. The first-order valence-electron chi connectivity index (χ1n) is 12.0. The van der Waals surface area contributed by atoms with E-state index in [1.165, 1.54) is 12.1 Å². The number of esters is 1. The van der Waals surface area contributed by atoms with Crippen LogP contribution in [-0.2, 0) is 38.4 Å². The van der Waals surface area contributed by atoms with E-state index in [0.29, 0.717) is 49.8 Å². The smallest absolute Gasteiger partial charge is 0.325 e. The zero-order valence-corrected chi connectivity index (χ0v) is 21.2. The highest BCUT2D eigenvalue weighted by Gasteiger charge is 2.32. The van der Waals surface area contributed by atoms with E-state index >= 15 is 0 Å². The Morgan fingerprint density at radius 2 is 2.06 bits per heavy atom. The molecule has 0 radical (unpaired) electrons. The number of amides is 1. The molecule has 2 aromatic carbocycles. The minimum absolute atomic E-state index is 0.0652. The van der Waals surface area contributed by atoms with Crippen molar-refractivity contribution < 1.29 is 28.2 Å². The van der Waals surface area contributed by atoms with E-state index in [0.717, 1.165) is 22.2 Å². The number of methoxy groups -OCH3 is 1. The van der Waals surface area contributed by atoms with Crippen LogP contribution in [0.15, 0.2) is 42.5 Å². The van der Waals surface area contributed by atoms with Crippen LogP contribution in [0.2, 0.25) is 5.02 Å². The minimum atomic E-state index is -0.344. The molecule has 0 aliphatic heterocycles. The number of fused-ring (bicyclic) bond motifs is 3. The van der Waals surface area contributed by atoms with Gasteiger partial charge in [-0.15, -0.1) is 0 Å². The van der Waals surface area contributed by atoms with Crippen LogP contribution in [0.4, 0.5) is 4.39 Å². The first kappa shape index (κ1) is 26.0. The lowest BCUT2D eigenvalue weighted by molar-refractivity contribution is -0.143. The monoisotopic (exact) mass is 516 g/mol. The molecular formula is C27H30ClFN2O5. The fourth-order valence-electron chi connectivity index (χ4n) is 4.87. The van der Waals surface area contributed by atoms with Crippen LogP contribution in [0.25, 0.3) is 10.9 Å².